The van der Waals surface area contributed by atoms with Gasteiger partial charge in [0.05, 0.1) is 11.6 Å². The summed E-state index contributed by atoms with van der Waals surface area (Å²) in [6.07, 6.45) is 1.90. The zero-order valence-electron chi connectivity index (χ0n) is 16.3. The quantitative estimate of drug-likeness (QED) is 0.268. The van der Waals surface area contributed by atoms with E-state index < -0.39 is 17.7 Å². The smallest absolute Gasteiger partial charge is 0.295 e. The van der Waals surface area contributed by atoms with Crippen LogP contribution in [0, 0.1) is 0 Å². The molecule has 7 heteroatoms. The van der Waals surface area contributed by atoms with Gasteiger partial charge in [-0.1, -0.05) is 24.8 Å². The minimum absolute atomic E-state index is 0.0385. The number of ketones is 1. The van der Waals surface area contributed by atoms with Crippen molar-refractivity contribution in [3.63, 3.8) is 0 Å². The molecule has 156 valence electrons. The standard InChI is InChI=1S/C23H23NO6/c1-2-14-30-18-10-6-16(7-11-18)21(27)19-20(15-4-8-17(26)9-5-15)24(12-3-13-25)23(29)22(19)28/h2,4-11,20,25-27H,1,3,12-14H2/t20-/m1/s1. The maximum atomic E-state index is 12.8. The Hall–Kier alpha value is -3.58. The third kappa shape index (κ3) is 4.21. The number of benzene rings is 2. The lowest BCUT2D eigenvalue weighted by Crippen LogP contribution is -2.31. The van der Waals surface area contributed by atoms with Crippen molar-refractivity contribution in [1.82, 2.24) is 4.90 Å². The summed E-state index contributed by atoms with van der Waals surface area (Å²) in [4.78, 5) is 26.8. The van der Waals surface area contributed by atoms with E-state index in [0.717, 1.165) is 0 Å². The summed E-state index contributed by atoms with van der Waals surface area (Å²) < 4.78 is 5.42. The molecule has 0 aromatic heterocycles. The summed E-state index contributed by atoms with van der Waals surface area (Å²) in [7, 11) is 0. The van der Waals surface area contributed by atoms with Gasteiger partial charge in [-0.3, -0.25) is 9.59 Å². The number of ether oxygens (including phenoxy) is 1. The molecule has 1 aliphatic rings. The lowest BCUT2D eigenvalue weighted by molar-refractivity contribution is -0.140. The van der Waals surface area contributed by atoms with Crippen LogP contribution in [0.25, 0.3) is 5.76 Å². The number of likely N-dealkylation sites (tertiary alicyclic amines) is 1. The van der Waals surface area contributed by atoms with Gasteiger partial charge in [0.2, 0.25) is 0 Å². The molecule has 0 aliphatic carbocycles. The van der Waals surface area contributed by atoms with E-state index in [2.05, 4.69) is 6.58 Å². The number of aliphatic hydroxyl groups excluding tert-OH is 2. The van der Waals surface area contributed by atoms with Crippen molar-refractivity contribution in [2.45, 2.75) is 12.5 Å². The van der Waals surface area contributed by atoms with Crippen molar-refractivity contribution in [2.24, 2.45) is 0 Å². The second kappa shape index (κ2) is 9.28. The first-order chi connectivity index (χ1) is 14.5. The third-order valence-electron chi connectivity index (χ3n) is 4.80. The molecule has 30 heavy (non-hydrogen) atoms. The minimum Gasteiger partial charge on any atom is -0.508 e. The first kappa shape index (κ1) is 21.1. The number of aliphatic hydroxyl groups is 2. The van der Waals surface area contributed by atoms with Crippen LogP contribution in [-0.2, 0) is 9.59 Å². The third-order valence-corrected chi connectivity index (χ3v) is 4.80. The normalized spacial score (nSPS) is 17.9. The number of Topliss-reactive ketones (excluding diaryl/α,β-unsaturated/α-hetero) is 1. The topological polar surface area (TPSA) is 107 Å². The largest absolute Gasteiger partial charge is 0.508 e. The monoisotopic (exact) mass is 409 g/mol. The van der Waals surface area contributed by atoms with Crippen molar-refractivity contribution >= 4 is 17.4 Å². The average molecular weight is 409 g/mol. The van der Waals surface area contributed by atoms with Gasteiger partial charge in [-0.15, -0.1) is 0 Å². The zero-order valence-corrected chi connectivity index (χ0v) is 16.3. The van der Waals surface area contributed by atoms with Crippen LogP contribution in [0.2, 0.25) is 0 Å². The van der Waals surface area contributed by atoms with Crippen LogP contribution in [0.5, 0.6) is 11.5 Å². The van der Waals surface area contributed by atoms with Crippen LogP contribution in [-0.4, -0.2) is 51.7 Å². The molecule has 3 rings (SSSR count). The van der Waals surface area contributed by atoms with Gasteiger partial charge >= 0.3 is 0 Å². The summed E-state index contributed by atoms with van der Waals surface area (Å²) in [6, 6.07) is 11.8. The molecule has 1 heterocycles. The molecule has 0 saturated carbocycles. The highest BCUT2D eigenvalue weighted by Gasteiger charge is 2.45. The molecule has 1 atom stereocenters. The first-order valence-corrected chi connectivity index (χ1v) is 9.50. The van der Waals surface area contributed by atoms with Crippen molar-refractivity contribution in [3.05, 3.63) is 77.9 Å². The lowest BCUT2D eigenvalue weighted by atomic mass is 9.95. The number of phenols is 1. The van der Waals surface area contributed by atoms with Crippen LogP contribution in [0.1, 0.15) is 23.6 Å². The number of hydrogen-bond acceptors (Lipinski definition) is 6. The van der Waals surface area contributed by atoms with Gasteiger partial charge in [0.15, 0.2) is 0 Å². The second-order valence-electron chi connectivity index (χ2n) is 6.79. The number of hydrogen-bond donors (Lipinski definition) is 3. The van der Waals surface area contributed by atoms with Gasteiger partial charge in [0.1, 0.15) is 23.9 Å². The molecular formula is C23H23NO6. The molecule has 1 aliphatic heterocycles. The number of carbonyl (C=O) groups is 2. The van der Waals surface area contributed by atoms with E-state index in [4.69, 9.17) is 4.74 Å². The highest BCUT2D eigenvalue weighted by atomic mass is 16.5. The molecule has 7 nitrogen and oxygen atoms in total. The second-order valence-corrected chi connectivity index (χ2v) is 6.79. The van der Waals surface area contributed by atoms with Gasteiger partial charge < -0.3 is 25.0 Å². The van der Waals surface area contributed by atoms with E-state index in [9.17, 15) is 24.9 Å². The Morgan fingerprint density at radius 2 is 1.77 bits per heavy atom. The molecule has 0 radical (unpaired) electrons. The van der Waals surface area contributed by atoms with Gasteiger partial charge in [-0.2, -0.15) is 0 Å². The molecule has 1 amide bonds. The van der Waals surface area contributed by atoms with Crippen LogP contribution < -0.4 is 4.74 Å². The molecule has 2 aromatic carbocycles. The van der Waals surface area contributed by atoms with E-state index in [0.29, 0.717) is 23.5 Å². The Labute approximate surface area is 174 Å². The number of rotatable bonds is 8. The number of aromatic hydroxyl groups is 1. The van der Waals surface area contributed by atoms with E-state index >= 15 is 0 Å². The SMILES string of the molecule is C=CCOc1ccc(C(O)=C2C(=O)C(=O)N(CCCO)[C@@H]2c2ccc(O)cc2)cc1. The van der Waals surface area contributed by atoms with Crippen molar-refractivity contribution in [3.8, 4) is 11.5 Å². The Morgan fingerprint density at radius 3 is 2.37 bits per heavy atom. The molecule has 0 bridgehead atoms. The van der Waals surface area contributed by atoms with Crippen molar-refractivity contribution in [1.29, 1.82) is 0 Å². The highest BCUT2D eigenvalue weighted by molar-refractivity contribution is 6.46. The fourth-order valence-corrected chi connectivity index (χ4v) is 3.37. The molecule has 0 spiro atoms. The summed E-state index contributed by atoms with van der Waals surface area (Å²) in [5.74, 6) is -1.22. The van der Waals surface area contributed by atoms with E-state index in [1.807, 2.05) is 0 Å². The van der Waals surface area contributed by atoms with Gasteiger partial charge in [-0.25, -0.2) is 0 Å². The van der Waals surface area contributed by atoms with E-state index in [1.54, 1.807) is 42.5 Å². The van der Waals surface area contributed by atoms with Crippen molar-refractivity contribution < 1.29 is 29.6 Å². The molecular weight excluding hydrogens is 386 g/mol. The number of carbonyl (C=O) groups excluding carboxylic acids is 2. The van der Waals surface area contributed by atoms with Gasteiger partial charge in [0, 0.05) is 18.7 Å². The van der Waals surface area contributed by atoms with Crippen molar-refractivity contribution in [2.75, 3.05) is 19.8 Å². The Bertz CT molecular complexity index is 962. The Morgan fingerprint density at radius 1 is 1.10 bits per heavy atom. The van der Waals surface area contributed by atoms with Crippen LogP contribution in [0.15, 0.2) is 66.8 Å². The maximum absolute atomic E-state index is 12.8. The molecule has 1 fully saturated rings. The lowest BCUT2D eigenvalue weighted by Gasteiger charge is -2.25. The van der Waals surface area contributed by atoms with Gasteiger partial charge in [0.25, 0.3) is 11.7 Å². The van der Waals surface area contributed by atoms with Crippen LogP contribution in [0.4, 0.5) is 0 Å². The van der Waals surface area contributed by atoms with Gasteiger partial charge in [-0.05, 0) is 48.4 Å². The summed E-state index contributed by atoms with van der Waals surface area (Å²) in [6.45, 7) is 3.93. The van der Waals surface area contributed by atoms with E-state index in [1.165, 1.54) is 17.0 Å². The first-order valence-electron chi connectivity index (χ1n) is 9.50. The number of nitrogens with zero attached hydrogens (tertiary/aromatic N) is 1. The number of phenolic OH excluding ortho intramolecular Hbond substituents is 1. The Balaban J connectivity index is 2.05. The fraction of sp³-hybridized carbons (Fsp3) is 0.217. The van der Waals surface area contributed by atoms with E-state index in [-0.39, 0.29) is 36.7 Å². The Kier molecular flexibility index (Phi) is 6.54. The van der Waals surface area contributed by atoms with Crippen LogP contribution in [0.3, 0.4) is 0 Å². The number of amides is 1. The zero-order chi connectivity index (χ0) is 21.7. The highest BCUT2D eigenvalue weighted by Crippen LogP contribution is 2.39. The predicted molar refractivity (Wildman–Crippen MR) is 111 cm³/mol. The summed E-state index contributed by atoms with van der Waals surface area (Å²) in [5, 5.41) is 29.7. The predicted octanol–water partition coefficient (Wildman–Crippen LogP) is 2.76. The molecule has 0 unspecified atom stereocenters. The molecule has 1 saturated heterocycles. The summed E-state index contributed by atoms with van der Waals surface area (Å²) in [5.41, 5.74) is 0.894. The minimum atomic E-state index is -0.825. The average Bonchev–Trinajstić information content (AvgIpc) is 3.01. The molecule has 2 aromatic rings. The molecule has 3 N–H and O–H groups in total. The maximum Gasteiger partial charge on any atom is 0.295 e. The summed E-state index contributed by atoms with van der Waals surface area (Å²) >= 11 is 0. The fourth-order valence-electron chi connectivity index (χ4n) is 3.37. The van der Waals surface area contributed by atoms with Crippen LogP contribution >= 0.6 is 0 Å².